The van der Waals surface area contributed by atoms with Gasteiger partial charge in [0.25, 0.3) is 11.8 Å². The number of nitrogens with zero attached hydrogens (tertiary/aromatic N) is 1. The molecular weight excluding hydrogens is 407 g/mol. The lowest BCUT2D eigenvalue weighted by Gasteiger charge is -2.12. The Morgan fingerprint density at radius 2 is 1.87 bits per heavy atom. The van der Waals surface area contributed by atoms with E-state index in [0.29, 0.717) is 17.0 Å². The van der Waals surface area contributed by atoms with E-state index in [2.05, 4.69) is 27.9 Å². The number of amides is 2. The number of nitrogens with one attached hydrogen (secondary N) is 1. The first-order valence-corrected chi connectivity index (χ1v) is 8.04. The monoisotopic (exact) mass is 424 g/mol. The van der Waals surface area contributed by atoms with Gasteiger partial charge in [0.2, 0.25) is 0 Å². The van der Waals surface area contributed by atoms with Crippen LogP contribution in [-0.4, -0.2) is 37.4 Å². The van der Waals surface area contributed by atoms with Crippen molar-refractivity contribution in [3.8, 4) is 5.75 Å². The summed E-state index contributed by atoms with van der Waals surface area (Å²) in [5.74, 6) is 0.273. The molecule has 0 heterocycles. The van der Waals surface area contributed by atoms with Crippen molar-refractivity contribution in [2.75, 3.05) is 26.0 Å². The summed E-state index contributed by atoms with van der Waals surface area (Å²) in [5, 5.41) is 2.73. The van der Waals surface area contributed by atoms with Crippen molar-refractivity contribution in [2.45, 2.75) is 0 Å². The Balaban J connectivity index is 1.97. The molecule has 0 saturated carbocycles. The smallest absolute Gasteiger partial charge is 0.262 e. The number of benzene rings is 2. The summed E-state index contributed by atoms with van der Waals surface area (Å²) in [5.41, 5.74) is 1.08. The van der Waals surface area contributed by atoms with Gasteiger partial charge in [-0.15, -0.1) is 0 Å². The Kier molecular flexibility index (Phi) is 5.97. The van der Waals surface area contributed by atoms with Crippen molar-refractivity contribution in [2.24, 2.45) is 0 Å². The van der Waals surface area contributed by atoms with Crippen molar-refractivity contribution < 1.29 is 14.3 Å². The first-order chi connectivity index (χ1) is 11.0. The van der Waals surface area contributed by atoms with Gasteiger partial charge >= 0.3 is 0 Å². The molecule has 2 aromatic rings. The molecule has 0 spiro atoms. The third kappa shape index (κ3) is 4.95. The first-order valence-electron chi connectivity index (χ1n) is 6.96. The highest BCUT2D eigenvalue weighted by Gasteiger charge is 2.10. The van der Waals surface area contributed by atoms with Gasteiger partial charge in [-0.2, -0.15) is 0 Å². The third-order valence-electron chi connectivity index (χ3n) is 2.99. The average molecular weight is 424 g/mol. The number of hydrogen-bond donors (Lipinski definition) is 1. The largest absolute Gasteiger partial charge is 0.483 e. The maximum Gasteiger partial charge on any atom is 0.262 e. The summed E-state index contributed by atoms with van der Waals surface area (Å²) in [6.45, 7) is -0.0914. The standard InChI is InChI=1S/C17H17IN2O3/c1-20(2)17(22)12-6-5-7-13(10-12)19-16(21)11-23-15-9-4-3-8-14(15)18/h3-10H,11H2,1-2H3,(H,19,21). The molecule has 2 rings (SSSR count). The molecule has 0 aliphatic carbocycles. The number of para-hydroxylation sites is 1. The fourth-order valence-corrected chi connectivity index (χ4v) is 2.43. The van der Waals surface area contributed by atoms with Gasteiger partial charge in [-0.1, -0.05) is 18.2 Å². The van der Waals surface area contributed by atoms with Crippen LogP contribution < -0.4 is 10.1 Å². The predicted molar refractivity (Wildman–Crippen MR) is 97.7 cm³/mol. The van der Waals surface area contributed by atoms with Crippen molar-refractivity contribution in [3.63, 3.8) is 0 Å². The topological polar surface area (TPSA) is 58.6 Å². The zero-order valence-electron chi connectivity index (χ0n) is 12.9. The first kappa shape index (κ1) is 17.3. The van der Waals surface area contributed by atoms with E-state index >= 15 is 0 Å². The highest BCUT2D eigenvalue weighted by molar-refractivity contribution is 14.1. The van der Waals surface area contributed by atoms with Crippen LogP contribution in [0.25, 0.3) is 0 Å². The van der Waals surface area contributed by atoms with Crippen LogP contribution in [0, 0.1) is 3.57 Å². The van der Waals surface area contributed by atoms with Crippen molar-refractivity contribution in [3.05, 3.63) is 57.7 Å². The van der Waals surface area contributed by atoms with Crippen LogP contribution in [0.4, 0.5) is 5.69 Å². The molecule has 1 N–H and O–H groups in total. The van der Waals surface area contributed by atoms with Gasteiger partial charge in [-0.05, 0) is 52.9 Å². The molecule has 0 bridgehead atoms. The van der Waals surface area contributed by atoms with Gasteiger partial charge in [-0.3, -0.25) is 9.59 Å². The van der Waals surface area contributed by atoms with E-state index in [1.807, 2.05) is 24.3 Å². The lowest BCUT2D eigenvalue weighted by atomic mass is 10.2. The molecule has 0 unspecified atom stereocenters. The van der Waals surface area contributed by atoms with Gasteiger partial charge in [-0.25, -0.2) is 0 Å². The molecule has 0 aliphatic rings. The van der Waals surface area contributed by atoms with Crippen LogP contribution in [0.3, 0.4) is 0 Å². The van der Waals surface area contributed by atoms with Crippen LogP contribution in [0.5, 0.6) is 5.75 Å². The summed E-state index contributed by atoms with van der Waals surface area (Å²) >= 11 is 2.15. The van der Waals surface area contributed by atoms with Gasteiger partial charge in [0.05, 0.1) is 3.57 Å². The molecule has 5 nitrogen and oxygen atoms in total. The molecular formula is C17H17IN2O3. The minimum absolute atomic E-state index is 0.0914. The Morgan fingerprint density at radius 3 is 2.57 bits per heavy atom. The number of halogens is 1. The zero-order chi connectivity index (χ0) is 16.8. The van der Waals surface area contributed by atoms with E-state index < -0.39 is 0 Å². The number of carbonyl (C=O) groups excluding carboxylic acids is 2. The summed E-state index contributed by atoms with van der Waals surface area (Å²) in [4.78, 5) is 25.4. The lowest BCUT2D eigenvalue weighted by molar-refractivity contribution is -0.118. The van der Waals surface area contributed by atoms with E-state index in [1.165, 1.54) is 4.90 Å². The maximum atomic E-state index is 12.0. The highest BCUT2D eigenvalue weighted by Crippen LogP contribution is 2.19. The number of carbonyl (C=O) groups is 2. The maximum absolute atomic E-state index is 12.0. The Bertz CT molecular complexity index is 716. The molecule has 0 fully saturated rings. The Labute approximate surface area is 148 Å². The fraction of sp³-hybridized carbons (Fsp3) is 0.176. The molecule has 0 aliphatic heterocycles. The minimum atomic E-state index is -0.279. The predicted octanol–water partition coefficient (Wildman–Crippen LogP) is 3.01. The van der Waals surface area contributed by atoms with Crippen molar-refractivity contribution in [1.29, 1.82) is 0 Å². The molecule has 0 radical (unpaired) electrons. The molecule has 23 heavy (non-hydrogen) atoms. The Hall–Kier alpha value is -2.09. The minimum Gasteiger partial charge on any atom is -0.483 e. The molecule has 0 aromatic heterocycles. The molecule has 0 atom stereocenters. The second-order valence-electron chi connectivity index (χ2n) is 5.05. The summed E-state index contributed by atoms with van der Waals surface area (Å²) in [6, 6.07) is 14.3. The van der Waals surface area contributed by atoms with Crippen LogP contribution in [0.15, 0.2) is 48.5 Å². The van der Waals surface area contributed by atoms with Crippen molar-refractivity contribution >= 4 is 40.1 Å². The SMILES string of the molecule is CN(C)C(=O)c1cccc(NC(=O)COc2ccccc2I)c1. The van der Waals surface area contributed by atoms with E-state index in [9.17, 15) is 9.59 Å². The number of hydrogen-bond acceptors (Lipinski definition) is 3. The normalized spacial score (nSPS) is 10.0. The van der Waals surface area contributed by atoms with Crippen LogP contribution in [0.1, 0.15) is 10.4 Å². The second-order valence-corrected chi connectivity index (χ2v) is 6.21. The van der Waals surface area contributed by atoms with Crippen LogP contribution in [-0.2, 0) is 4.79 Å². The Morgan fingerprint density at radius 1 is 1.13 bits per heavy atom. The van der Waals surface area contributed by atoms with E-state index in [1.54, 1.807) is 38.4 Å². The number of anilines is 1. The molecule has 0 saturated heterocycles. The number of rotatable bonds is 5. The summed E-state index contributed by atoms with van der Waals surface area (Å²) in [7, 11) is 3.37. The van der Waals surface area contributed by atoms with E-state index in [4.69, 9.17) is 4.74 Å². The highest BCUT2D eigenvalue weighted by atomic mass is 127. The second kappa shape index (κ2) is 7.96. The van der Waals surface area contributed by atoms with E-state index in [0.717, 1.165) is 3.57 Å². The van der Waals surface area contributed by atoms with Gasteiger partial charge < -0.3 is 15.0 Å². The molecule has 2 amide bonds. The summed E-state index contributed by atoms with van der Waals surface area (Å²) in [6.07, 6.45) is 0. The fourth-order valence-electron chi connectivity index (χ4n) is 1.89. The van der Waals surface area contributed by atoms with Crippen LogP contribution >= 0.6 is 22.6 Å². The molecule has 120 valence electrons. The molecule has 2 aromatic carbocycles. The van der Waals surface area contributed by atoms with Gasteiger partial charge in [0.1, 0.15) is 5.75 Å². The van der Waals surface area contributed by atoms with Gasteiger partial charge in [0.15, 0.2) is 6.61 Å². The van der Waals surface area contributed by atoms with Crippen molar-refractivity contribution in [1.82, 2.24) is 4.90 Å². The van der Waals surface area contributed by atoms with Crippen LogP contribution in [0.2, 0.25) is 0 Å². The average Bonchev–Trinajstić information content (AvgIpc) is 2.53. The van der Waals surface area contributed by atoms with Gasteiger partial charge in [0, 0.05) is 25.3 Å². The lowest BCUT2D eigenvalue weighted by Crippen LogP contribution is -2.23. The zero-order valence-corrected chi connectivity index (χ0v) is 15.0. The van der Waals surface area contributed by atoms with E-state index in [-0.39, 0.29) is 18.4 Å². The quantitative estimate of drug-likeness (QED) is 0.751. The number of ether oxygens (including phenoxy) is 1. The third-order valence-corrected chi connectivity index (χ3v) is 3.89. The molecule has 6 heteroatoms. The summed E-state index contributed by atoms with van der Waals surface area (Å²) < 4.78 is 6.43.